The van der Waals surface area contributed by atoms with Crippen LogP contribution in [0.5, 0.6) is 0 Å². The van der Waals surface area contributed by atoms with Gasteiger partial charge < -0.3 is 10.0 Å². The second-order valence-electron chi connectivity index (χ2n) is 4.93. The van der Waals surface area contributed by atoms with Crippen LogP contribution in [0.2, 0.25) is 0 Å². The van der Waals surface area contributed by atoms with Crippen LogP contribution in [0.3, 0.4) is 0 Å². The quantitative estimate of drug-likeness (QED) is 0.667. The predicted octanol–water partition coefficient (Wildman–Crippen LogP) is 2.56. The fourth-order valence-corrected chi connectivity index (χ4v) is 4.83. The second kappa shape index (κ2) is 6.15. The smallest absolute Gasteiger partial charge is 0.331 e. The van der Waals surface area contributed by atoms with Crippen molar-refractivity contribution in [1.82, 2.24) is 4.90 Å². The Morgan fingerprint density at radius 2 is 2.19 bits per heavy atom. The van der Waals surface area contributed by atoms with Crippen molar-refractivity contribution < 1.29 is 14.7 Å². The number of fused-ring (bicyclic) bond motifs is 1. The van der Waals surface area contributed by atoms with Crippen molar-refractivity contribution in [2.75, 3.05) is 5.75 Å². The van der Waals surface area contributed by atoms with Crippen molar-refractivity contribution in [3.05, 3.63) is 46.9 Å². The highest BCUT2D eigenvalue weighted by atomic mass is 32.2. The number of carbonyl (C=O) groups excluding carboxylic acids is 1. The molecular formula is C15H15NO3S2. The topological polar surface area (TPSA) is 57.6 Å². The zero-order chi connectivity index (χ0) is 14.8. The van der Waals surface area contributed by atoms with Crippen LogP contribution < -0.4 is 0 Å². The van der Waals surface area contributed by atoms with E-state index in [9.17, 15) is 14.7 Å². The summed E-state index contributed by atoms with van der Waals surface area (Å²) in [5.41, 5.74) is 1.26. The predicted molar refractivity (Wildman–Crippen MR) is 85.0 cm³/mol. The molecule has 21 heavy (non-hydrogen) atoms. The normalized spacial score (nSPS) is 25.8. The van der Waals surface area contributed by atoms with E-state index in [1.165, 1.54) is 22.2 Å². The number of carboxylic acids is 1. The van der Waals surface area contributed by atoms with Crippen molar-refractivity contribution >= 4 is 35.4 Å². The van der Waals surface area contributed by atoms with Gasteiger partial charge in [0.05, 0.1) is 11.8 Å². The average molecular weight is 321 g/mol. The Labute approximate surface area is 131 Å². The highest BCUT2D eigenvalue weighted by Gasteiger charge is 2.52. The molecular weight excluding hydrogens is 306 g/mol. The van der Waals surface area contributed by atoms with Gasteiger partial charge >= 0.3 is 5.97 Å². The van der Waals surface area contributed by atoms with Gasteiger partial charge in [0, 0.05) is 16.4 Å². The third-order valence-corrected chi connectivity index (χ3v) is 5.78. The first kappa shape index (κ1) is 14.5. The molecule has 0 bridgehead atoms. The molecule has 2 heterocycles. The number of thioether (sulfide) groups is 2. The SMILES string of the molecule is O=C(O)C1C(=CCSCc2ccccc2)S[C@@H]2CC(=O)N12. The molecule has 1 N–H and O–H groups in total. The number of aliphatic carboxylic acids is 1. The Balaban J connectivity index is 1.58. The fraction of sp³-hybridized carbons (Fsp3) is 0.333. The standard InChI is InChI=1S/C15H15NO3S2/c17-12-8-13-16(12)14(15(18)19)11(21-13)6-7-20-9-10-4-2-1-3-5-10/h1-6,13-14H,7-9H2,(H,18,19)/t13-,14?/m1/s1. The van der Waals surface area contributed by atoms with Crippen LogP contribution in [0.4, 0.5) is 0 Å². The Kier molecular flexibility index (Phi) is 4.26. The summed E-state index contributed by atoms with van der Waals surface area (Å²) in [6, 6.07) is 9.41. The Morgan fingerprint density at radius 3 is 2.86 bits per heavy atom. The molecule has 2 aliphatic heterocycles. The first-order valence-electron chi connectivity index (χ1n) is 6.69. The summed E-state index contributed by atoms with van der Waals surface area (Å²) in [5, 5.41) is 9.33. The number of hydrogen-bond acceptors (Lipinski definition) is 4. The zero-order valence-electron chi connectivity index (χ0n) is 11.3. The monoisotopic (exact) mass is 321 g/mol. The molecule has 0 spiro atoms. The maximum absolute atomic E-state index is 11.5. The lowest BCUT2D eigenvalue weighted by Gasteiger charge is -2.35. The van der Waals surface area contributed by atoms with Gasteiger partial charge in [-0.05, 0) is 5.56 Å². The summed E-state index contributed by atoms with van der Waals surface area (Å²) >= 11 is 3.26. The first-order valence-corrected chi connectivity index (χ1v) is 8.72. The molecule has 1 amide bonds. The molecule has 2 atom stereocenters. The summed E-state index contributed by atoms with van der Waals surface area (Å²) in [6.45, 7) is 0. The Hall–Kier alpha value is -1.40. The van der Waals surface area contributed by atoms with E-state index < -0.39 is 12.0 Å². The van der Waals surface area contributed by atoms with Crippen LogP contribution in [-0.2, 0) is 15.3 Å². The van der Waals surface area contributed by atoms with Gasteiger partial charge in [0.15, 0.2) is 6.04 Å². The molecule has 0 radical (unpaired) electrons. The summed E-state index contributed by atoms with van der Waals surface area (Å²) in [5.74, 6) is 0.673. The first-order chi connectivity index (χ1) is 10.2. The third-order valence-electron chi connectivity index (χ3n) is 3.52. The van der Waals surface area contributed by atoms with Crippen LogP contribution >= 0.6 is 23.5 Å². The largest absolute Gasteiger partial charge is 0.479 e. The van der Waals surface area contributed by atoms with E-state index >= 15 is 0 Å². The minimum Gasteiger partial charge on any atom is -0.479 e. The number of nitrogens with zero attached hydrogens (tertiary/aromatic N) is 1. The number of hydrogen-bond donors (Lipinski definition) is 1. The molecule has 6 heteroatoms. The van der Waals surface area contributed by atoms with E-state index in [1.807, 2.05) is 24.3 Å². The Bertz CT molecular complexity index is 588. The lowest BCUT2D eigenvalue weighted by Crippen LogP contribution is -2.53. The van der Waals surface area contributed by atoms with Crippen LogP contribution in [0.25, 0.3) is 0 Å². The molecule has 2 aliphatic rings. The van der Waals surface area contributed by atoms with Gasteiger partial charge in [-0.25, -0.2) is 4.79 Å². The van der Waals surface area contributed by atoms with E-state index in [0.717, 1.165) is 16.4 Å². The highest BCUT2D eigenvalue weighted by molar-refractivity contribution is 8.04. The molecule has 3 rings (SSSR count). The number of amides is 1. The minimum absolute atomic E-state index is 0.0315. The van der Waals surface area contributed by atoms with Gasteiger partial charge in [-0.3, -0.25) is 4.79 Å². The maximum atomic E-state index is 11.5. The summed E-state index contributed by atoms with van der Waals surface area (Å²) in [7, 11) is 0. The van der Waals surface area contributed by atoms with Crippen molar-refractivity contribution in [3.63, 3.8) is 0 Å². The number of rotatable bonds is 5. The lowest BCUT2D eigenvalue weighted by atomic mass is 10.1. The minimum atomic E-state index is -0.933. The molecule has 0 aliphatic carbocycles. The number of β-lactam (4-membered cyclic amide) rings is 1. The molecule has 4 nitrogen and oxygen atoms in total. The summed E-state index contributed by atoms with van der Waals surface area (Å²) in [6.07, 6.45) is 2.42. The van der Waals surface area contributed by atoms with Crippen molar-refractivity contribution in [2.45, 2.75) is 23.6 Å². The van der Waals surface area contributed by atoms with Crippen LogP contribution in [0, 0.1) is 0 Å². The zero-order valence-corrected chi connectivity index (χ0v) is 12.9. The number of carbonyl (C=O) groups is 2. The summed E-state index contributed by atoms with van der Waals surface area (Å²) in [4.78, 5) is 25.1. The molecule has 0 saturated carbocycles. The van der Waals surface area contributed by atoms with Crippen LogP contribution in [0.15, 0.2) is 41.3 Å². The van der Waals surface area contributed by atoms with Gasteiger partial charge in [0.1, 0.15) is 0 Å². The molecule has 0 aromatic heterocycles. The number of carboxylic acid groups (broad SMARTS) is 1. The molecule has 110 valence electrons. The van der Waals surface area contributed by atoms with E-state index in [-0.39, 0.29) is 11.3 Å². The van der Waals surface area contributed by atoms with Crippen LogP contribution in [-0.4, -0.2) is 39.1 Å². The lowest BCUT2D eigenvalue weighted by molar-refractivity contribution is -0.154. The highest BCUT2D eigenvalue weighted by Crippen LogP contribution is 2.46. The fourth-order valence-electron chi connectivity index (χ4n) is 2.46. The van der Waals surface area contributed by atoms with E-state index in [2.05, 4.69) is 12.1 Å². The van der Waals surface area contributed by atoms with E-state index in [1.54, 1.807) is 11.8 Å². The molecule has 1 aromatic rings. The van der Waals surface area contributed by atoms with Crippen molar-refractivity contribution in [3.8, 4) is 0 Å². The van der Waals surface area contributed by atoms with Gasteiger partial charge in [0.2, 0.25) is 5.91 Å². The number of benzene rings is 1. The molecule has 1 aromatic carbocycles. The van der Waals surface area contributed by atoms with Crippen molar-refractivity contribution in [2.24, 2.45) is 0 Å². The maximum Gasteiger partial charge on any atom is 0.331 e. The second-order valence-corrected chi connectivity index (χ2v) is 7.21. The summed E-state index contributed by atoms with van der Waals surface area (Å²) < 4.78 is 0. The van der Waals surface area contributed by atoms with Gasteiger partial charge in [-0.15, -0.1) is 11.8 Å². The van der Waals surface area contributed by atoms with E-state index in [0.29, 0.717) is 6.42 Å². The van der Waals surface area contributed by atoms with Gasteiger partial charge in [-0.2, -0.15) is 11.8 Å². The molecule has 2 saturated heterocycles. The Morgan fingerprint density at radius 1 is 1.43 bits per heavy atom. The van der Waals surface area contributed by atoms with Crippen molar-refractivity contribution in [1.29, 1.82) is 0 Å². The molecule has 2 fully saturated rings. The van der Waals surface area contributed by atoms with Gasteiger partial charge in [0.25, 0.3) is 0 Å². The third kappa shape index (κ3) is 2.96. The van der Waals surface area contributed by atoms with Crippen LogP contribution in [0.1, 0.15) is 12.0 Å². The van der Waals surface area contributed by atoms with E-state index in [4.69, 9.17) is 0 Å². The average Bonchev–Trinajstić information content (AvgIpc) is 2.77. The molecule has 1 unspecified atom stereocenters. The van der Waals surface area contributed by atoms with Gasteiger partial charge in [-0.1, -0.05) is 36.4 Å².